The van der Waals surface area contributed by atoms with Gasteiger partial charge in [-0.1, -0.05) is 15.9 Å². The van der Waals surface area contributed by atoms with Crippen molar-refractivity contribution >= 4 is 39.8 Å². The molecule has 0 saturated carbocycles. The molecule has 0 fully saturated rings. The molecule has 5 heteroatoms. The molecule has 2 rings (SSSR count). The molecule has 0 bridgehead atoms. The molecule has 0 saturated heterocycles. The van der Waals surface area contributed by atoms with Crippen LogP contribution < -0.4 is 4.74 Å². The Balaban J connectivity index is 2.51. The topological polar surface area (TPSA) is 43.4 Å². The molecule has 15 heavy (non-hydrogen) atoms. The Hall–Kier alpha value is -0.870. The number of aldehydes is 1. The van der Waals surface area contributed by atoms with E-state index in [1.54, 1.807) is 18.2 Å². The zero-order valence-electron chi connectivity index (χ0n) is 7.44. The lowest BCUT2D eigenvalue weighted by atomic mass is 9.97. The third-order valence-corrected chi connectivity index (χ3v) is 3.21. The van der Waals surface area contributed by atoms with Gasteiger partial charge in [-0.25, -0.2) is 0 Å². The largest absolute Gasteiger partial charge is 0.426 e. The molecule has 78 valence electrons. The Morgan fingerprint density at radius 3 is 2.87 bits per heavy atom. The number of esters is 1. The minimum atomic E-state index is -0.923. The molecule has 1 heterocycles. The first-order valence-corrected chi connectivity index (χ1v) is 5.47. The average molecular weight is 290 g/mol. The van der Waals surface area contributed by atoms with Crippen molar-refractivity contribution in [3.63, 3.8) is 0 Å². The summed E-state index contributed by atoms with van der Waals surface area (Å²) >= 11 is 9.31. The summed E-state index contributed by atoms with van der Waals surface area (Å²) < 4.78 is 5.81. The summed E-state index contributed by atoms with van der Waals surface area (Å²) in [6, 6.07) is 5.14. The second-order valence-electron chi connectivity index (χ2n) is 3.17. The fraction of sp³-hybridized carbons (Fsp3) is 0.200. The van der Waals surface area contributed by atoms with Crippen LogP contribution in [-0.4, -0.2) is 12.3 Å². The molecule has 2 unspecified atom stereocenters. The van der Waals surface area contributed by atoms with Crippen molar-refractivity contribution in [1.29, 1.82) is 0 Å². The van der Waals surface area contributed by atoms with Gasteiger partial charge in [0.05, 0.1) is 5.38 Å². The van der Waals surface area contributed by atoms with E-state index in [4.69, 9.17) is 16.3 Å². The Kier molecular flexibility index (Phi) is 2.80. The van der Waals surface area contributed by atoms with E-state index < -0.39 is 17.3 Å². The molecule has 0 spiro atoms. The van der Waals surface area contributed by atoms with Crippen molar-refractivity contribution in [2.24, 2.45) is 5.92 Å². The summed E-state index contributed by atoms with van der Waals surface area (Å²) in [6.07, 6.45) is 0.518. The van der Waals surface area contributed by atoms with E-state index in [1.165, 1.54) is 0 Å². The zero-order chi connectivity index (χ0) is 11.0. The first-order chi connectivity index (χ1) is 7.13. The lowest BCUT2D eigenvalue weighted by Gasteiger charge is -2.24. The minimum absolute atomic E-state index is 0.418. The van der Waals surface area contributed by atoms with Gasteiger partial charge in [-0.3, -0.25) is 4.79 Å². The SMILES string of the molecule is O=CC1C(=O)Oc2ccc(Br)cc2C1Cl. The van der Waals surface area contributed by atoms with Gasteiger partial charge in [0.2, 0.25) is 0 Å². The highest BCUT2D eigenvalue weighted by Crippen LogP contribution is 2.40. The van der Waals surface area contributed by atoms with Gasteiger partial charge in [0.1, 0.15) is 18.0 Å². The quantitative estimate of drug-likeness (QED) is 0.262. The molecule has 3 nitrogen and oxygen atoms in total. The number of hydrogen-bond acceptors (Lipinski definition) is 3. The molecule has 0 amide bonds. The first kappa shape index (κ1) is 10.6. The number of hydrogen-bond donors (Lipinski definition) is 0. The summed E-state index contributed by atoms with van der Waals surface area (Å²) in [5.41, 5.74) is 0.655. The lowest BCUT2D eigenvalue weighted by molar-refractivity contribution is -0.142. The van der Waals surface area contributed by atoms with Crippen molar-refractivity contribution in [2.45, 2.75) is 5.38 Å². The van der Waals surface area contributed by atoms with Crippen LogP contribution in [0.2, 0.25) is 0 Å². The molecule has 0 aliphatic carbocycles. The predicted molar refractivity (Wildman–Crippen MR) is 57.9 cm³/mol. The molecule has 1 aliphatic rings. The van der Waals surface area contributed by atoms with Crippen LogP contribution >= 0.6 is 27.5 Å². The molecule has 1 aromatic carbocycles. The standard InChI is InChI=1S/C10H6BrClO3/c11-5-1-2-8-6(3-5)9(12)7(4-13)10(14)15-8/h1-4,7,9H. The summed E-state index contributed by atoms with van der Waals surface area (Å²) in [5.74, 6) is -1.10. The monoisotopic (exact) mass is 288 g/mol. The maximum Gasteiger partial charge on any atom is 0.323 e. The van der Waals surface area contributed by atoms with E-state index in [0.29, 0.717) is 17.6 Å². The van der Waals surface area contributed by atoms with Crippen LogP contribution in [0, 0.1) is 5.92 Å². The maximum atomic E-state index is 11.3. The van der Waals surface area contributed by atoms with Crippen molar-refractivity contribution in [3.8, 4) is 5.75 Å². The van der Waals surface area contributed by atoms with E-state index in [9.17, 15) is 9.59 Å². The molecule has 1 aliphatic heterocycles. The number of fused-ring (bicyclic) bond motifs is 1. The number of carbonyl (C=O) groups excluding carboxylic acids is 2. The summed E-state index contributed by atoms with van der Waals surface area (Å²) in [7, 11) is 0. The molecule has 0 N–H and O–H groups in total. The van der Waals surface area contributed by atoms with Crippen LogP contribution in [0.5, 0.6) is 5.75 Å². The van der Waals surface area contributed by atoms with Gasteiger partial charge in [-0.05, 0) is 18.2 Å². The highest BCUT2D eigenvalue weighted by Gasteiger charge is 2.36. The Morgan fingerprint density at radius 2 is 2.20 bits per heavy atom. The second kappa shape index (κ2) is 3.94. The van der Waals surface area contributed by atoms with E-state index >= 15 is 0 Å². The van der Waals surface area contributed by atoms with Crippen molar-refractivity contribution in [3.05, 3.63) is 28.2 Å². The highest BCUT2D eigenvalue weighted by molar-refractivity contribution is 9.10. The van der Waals surface area contributed by atoms with Gasteiger partial charge in [0.25, 0.3) is 0 Å². The molecular formula is C10H6BrClO3. The van der Waals surface area contributed by atoms with Crippen LogP contribution in [0.1, 0.15) is 10.9 Å². The lowest BCUT2D eigenvalue weighted by Crippen LogP contribution is -2.30. The van der Waals surface area contributed by atoms with Crippen LogP contribution in [-0.2, 0) is 9.59 Å². The van der Waals surface area contributed by atoms with E-state index in [2.05, 4.69) is 15.9 Å². The smallest absolute Gasteiger partial charge is 0.323 e. The van der Waals surface area contributed by atoms with Crippen molar-refractivity contribution in [1.82, 2.24) is 0 Å². The van der Waals surface area contributed by atoms with E-state index in [-0.39, 0.29) is 0 Å². The van der Waals surface area contributed by atoms with Gasteiger partial charge in [-0.2, -0.15) is 0 Å². The van der Waals surface area contributed by atoms with Gasteiger partial charge in [0, 0.05) is 10.0 Å². The fourth-order valence-electron chi connectivity index (χ4n) is 1.44. The second-order valence-corrected chi connectivity index (χ2v) is 4.55. The van der Waals surface area contributed by atoms with Crippen molar-refractivity contribution < 1.29 is 14.3 Å². The van der Waals surface area contributed by atoms with Gasteiger partial charge in [-0.15, -0.1) is 11.6 Å². The number of carbonyl (C=O) groups is 2. The van der Waals surface area contributed by atoms with Gasteiger partial charge in [0.15, 0.2) is 0 Å². The summed E-state index contributed by atoms with van der Waals surface area (Å²) in [5, 5.41) is -0.656. The number of rotatable bonds is 1. The maximum absolute atomic E-state index is 11.3. The Morgan fingerprint density at radius 1 is 1.47 bits per heavy atom. The number of benzene rings is 1. The number of ether oxygens (including phenoxy) is 1. The zero-order valence-corrected chi connectivity index (χ0v) is 9.79. The first-order valence-electron chi connectivity index (χ1n) is 4.24. The molecule has 2 atom stereocenters. The molecule has 1 aromatic rings. The third-order valence-electron chi connectivity index (χ3n) is 2.21. The predicted octanol–water partition coefficient (Wildman–Crippen LogP) is 2.46. The number of halogens is 2. The molecule has 0 radical (unpaired) electrons. The molecular weight excluding hydrogens is 283 g/mol. The number of alkyl halides is 1. The van der Waals surface area contributed by atoms with E-state index in [0.717, 1.165) is 4.47 Å². The van der Waals surface area contributed by atoms with Crippen molar-refractivity contribution in [2.75, 3.05) is 0 Å². The van der Waals surface area contributed by atoms with E-state index in [1.807, 2.05) is 0 Å². The van der Waals surface area contributed by atoms with Gasteiger partial charge < -0.3 is 9.53 Å². The van der Waals surface area contributed by atoms with Crippen LogP contribution in [0.25, 0.3) is 0 Å². The normalized spacial score (nSPS) is 24.3. The van der Waals surface area contributed by atoms with Crippen LogP contribution in [0.3, 0.4) is 0 Å². The van der Waals surface area contributed by atoms with Crippen LogP contribution in [0.4, 0.5) is 0 Å². The van der Waals surface area contributed by atoms with Gasteiger partial charge >= 0.3 is 5.97 Å². The Labute approximate surface area is 99.5 Å². The Bertz CT molecular complexity index is 433. The third kappa shape index (κ3) is 1.79. The summed E-state index contributed by atoms with van der Waals surface area (Å²) in [6.45, 7) is 0. The summed E-state index contributed by atoms with van der Waals surface area (Å²) in [4.78, 5) is 22.0. The van der Waals surface area contributed by atoms with Crippen LogP contribution in [0.15, 0.2) is 22.7 Å². The molecule has 0 aromatic heterocycles. The fourth-order valence-corrected chi connectivity index (χ4v) is 2.15. The highest BCUT2D eigenvalue weighted by atomic mass is 79.9. The average Bonchev–Trinajstić information content (AvgIpc) is 2.20. The minimum Gasteiger partial charge on any atom is -0.426 e.